The van der Waals surface area contributed by atoms with E-state index in [0.29, 0.717) is 11.3 Å². The van der Waals surface area contributed by atoms with Crippen LogP contribution in [0.3, 0.4) is 0 Å². The van der Waals surface area contributed by atoms with E-state index >= 15 is 0 Å². The van der Waals surface area contributed by atoms with Crippen molar-refractivity contribution in [2.75, 3.05) is 0 Å². The molecular weight excluding hydrogens is 196 g/mol. The average molecular weight is 204 g/mol. The second kappa shape index (κ2) is 3.53. The molecule has 15 heavy (non-hydrogen) atoms. The van der Waals surface area contributed by atoms with Crippen LogP contribution in [0.25, 0.3) is 11.3 Å². The smallest absolute Gasteiger partial charge is 0.339 e. The molecule has 1 heterocycles. The van der Waals surface area contributed by atoms with Gasteiger partial charge in [-0.1, -0.05) is 35.5 Å². The van der Waals surface area contributed by atoms with E-state index in [0.717, 1.165) is 0 Å². The minimum absolute atomic E-state index is 0.0683. The molecule has 0 spiro atoms. The van der Waals surface area contributed by atoms with Gasteiger partial charge in [0.1, 0.15) is 0 Å². The van der Waals surface area contributed by atoms with Crippen molar-refractivity contribution in [3.63, 3.8) is 0 Å². The summed E-state index contributed by atoms with van der Waals surface area (Å²) in [5, 5.41) is 14.4. The Bertz CT molecular complexity index is 491. The number of benzene rings is 1. The maximum atomic E-state index is 10.8. The van der Waals surface area contributed by atoms with Crippen LogP contribution in [-0.4, -0.2) is 10.1 Å². The third-order valence-corrected chi connectivity index (χ3v) is 2.05. The molecule has 0 amide bonds. The van der Waals surface area contributed by atoms with Gasteiger partial charge in [-0.05, 0) is 6.92 Å². The van der Waals surface area contributed by atoms with Crippen LogP contribution in [0.2, 0.25) is 0 Å². The zero-order valence-corrected chi connectivity index (χ0v) is 8.01. The van der Waals surface area contributed by atoms with Crippen LogP contribution in [0, 0.1) is 17.0 Å². The van der Waals surface area contributed by atoms with Gasteiger partial charge in [0.2, 0.25) is 5.76 Å². The summed E-state index contributed by atoms with van der Waals surface area (Å²) in [6.45, 7) is 1.55. The quantitative estimate of drug-likeness (QED) is 0.556. The first-order chi connectivity index (χ1) is 7.20. The molecule has 0 aliphatic heterocycles. The first kappa shape index (κ1) is 9.39. The molecule has 0 saturated carbocycles. The van der Waals surface area contributed by atoms with Crippen molar-refractivity contribution in [3.8, 4) is 11.3 Å². The van der Waals surface area contributed by atoms with E-state index in [4.69, 9.17) is 4.52 Å². The summed E-state index contributed by atoms with van der Waals surface area (Å²) in [5.74, 6) is 0.207. The molecule has 2 rings (SSSR count). The van der Waals surface area contributed by atoms with Crippen molar-refractivity contribution < 1.29 is 9.45 Å². The zero-order chi connectivity index (χ0) is 10.8. The normalized spacial score (nSPS) is 10.2. The summed E-state index contributed by atoms with van der Waals surface area (Å²) in [4.78, 5) is 10.3. The maximum Gasteiger partial charge on any atom is 0.339 e. The average Bonchev–Trinajstić information content (AvgIpc) is 2.61. The number of aromatic nitrogens is 1. The van der Waals surface area contributed by atoms with Crippen LogP contribution in [0.5, 0.6) is 0 Å². The summed E-state index contributed by atoms with van der Waals surface area (Å²) < 4.78 is 4.95. The predicted molar refractivity (Wildman–Crippen MR) is 53.3 cm³/mol. The van der Waals surface area contributed by atoms with Crippen molar-refractivity contribution in [2.24, 2.45) is 0 Å². The van der Waals surface area contributed by atoms with E-state index < -0.39 is 4.92 Å². The fourth-order valence-corrected chi connectivity index (χ4v) is 1.36. The van der Waals surface area contributed by atoms with Crippen molar-refractivity contribution in [1.82, 2.24) is 5.16 Å². The van der Waals surface area contributed by atoms with Gasteiger partial charge in [-0.2, -0.15) is 0 Å². The summed E-state index contributed by atoms with van der Waals surface area (Å²) in [7, 11) is 0. The molecule has 0 aliphatic carbocycles. The lowest BCUT2D eigenvalue weighted by Crippen LogP contribution is -1.90. The Labute approximate surface area is 85.5 Å². The first-order valence-electron chi connectivity index (χ1n) is 4.36. The zero-order valence-electron chi connectivity index (χ0n) is 8.01. The molecule has 0 unspecified atom stereocenters. The SMILES string of the molecule is Cc1noc(-c2ccccc2)c1[N+](=O)[O-]. The van der Waals surface area contributed by atoms with Crippen molar-refractivity contribution >= 4 is 5.69 Å². The predicted octanol–water partition coefficient (Wildman–Crippen LogP) is 2.56. The van der Waals surface area contributed by atoms with Crippen molar-refractivity contribution in [1.29, 1.82) is 0 Å². The van der Waals surface area contributed by atoms with Crippen molar-refractivity contribution in [3.05, 3.63) is 46.1 Å². The van der Waals surface area contributed by atoms with E-state index in [9.17, 15) is 10.1 Å². The molecule has 0 fully saturated rings. The highest BCUT2D eigenvalue weighted by Crippen LogP contribution is 2.31. The highest BCUT2D eigenvalue weighted by Gasteiger charge is 2.24. The minimum Gasteiger partial charge on any atom is -0.348 e. The van der Waals surface area contributed by atoms with Gasteiger partial charge in [0, 0.05) is 5.56 Å². The van der Waals surface area contributed by atoms with E-state index in [2.05, 4.69) is 5.16 Å². The van der Waals surface area contributed by atoms with Crippen LogP contribution in [0.4, 0.5) is 5.69 Å². The fraction of sp³-hybridized carbons (Fsp3) is 0.100. The van der Waals surface area contributed by atoms with Gasteiger partial charge in [-0.25, -0.2) is 0 Å². The summed E-state index contributed by atoms with van der Waals surface area (Å²) in [6.07, 6.45) is 0. The van der Waals surface area contributed by atoms with Gasteiger partial charge >= 0.3 is 5.69 Å². The lowest BCUT2D eigenvalue weighted by molar-refractivity contribution is -0.385. The molecular formula is C10H8N2O3. The van der Waals surface area contributed by atoms with E-state index in [1.54, 1.807) is 31.2 Å². The fourth-order valence-electron chi connectivity index (χ4n) is 1.36. The third-order valence-electron chi connectivity index (χ3n) is 2.05. The Morgan fingerprint density at radius 2 is 2.00 bits per heavy atom. The van der Waals surface area contributed by atoms with Crippen LogP contribution < -0.4 is 0 Å². The van der Waals surface area contributed by atoms with Crippen LogP contribution in [0.15, 0.2) is 34.9 Å². The van der Waals surface area contributed by atoms with E-state index in [1.165, 1.54) is 0 Å². The molecule has 1 aromatic carbocycles. The molecule has 0 aliphatic rings. The molecule has 76 valence electrons. The second-order valence-corrected chi connectivity index (χ2v) is 3.07. The lowest BCUT2D eigenvalue weighted by Gasteiger charge is -1.93. The Morgan fingerprint density at radius 3 is 2.60 bits per heavy atom. The summed E-state index contributed by atoms with van der Waals surface area (Å²) in [6, 6.07) is 8.90. The lowest BCUT2D eigenvalue weighted by atomic mass is 10.1. The second-order valence-electron chi connectivity index (χ2n) is 3.07. The Balaban J connectivity index is 2.59. The number of hydrogen-bond acceptors (Lipinski definition) is 4. The van der Waals surface area contributed by atoms with Gasteiger partial charge in [0.15, 0.2) is 5.69 Å². The van der Waals surface area contributed by atoms with Gasteiger partial charge in [0.25, 0.3) is 0 Å². The van der Waals surface area contributed by atoms with Gasteiger partial charge in [-0.3, -0.25) is 10.1 Å². The Hall–Kier alpha value is -2.17. The molecule has 0 N–H and O–H groups in total. The number of nitrogens with zero attached hydrogens (tertiary/aromatic N) is 2. The molecule has 0 radical (unpaired) electrons. The summed E-state index contributed by atoms with van der Waals surface area (Å²) >= 11 is 0. The molecule has 0 saturated heterocycles. The summed E-state index contributed by atoms with van der Waals surface area (Å²) in [5.41, 5.74) is 0.879. The highest BCUT2D eigenvalue weighted by atomic mass is 16.6. The number of hydrogen-bond donors (Lipinski definition) is 0. The molecule has 5 heteroatoms. The highest BCUT2D eigenvalue weighted by molar-refractivity contribution is 5.68. The number of nitro groups is 1. The Kier molecular flexibility index (Phi) is 2.21. The van der Waals surface area contributed by atoms with Crippen LogP contribution in [0.1, 0.15) is 5.69 Å². The number of rotatable bonds is 2. The molecule has 2 aromatic rings. The van der Waals surface area contributed by atoms with Crippen LogP contribution >= 0.6 is 0 Å². The molecule has 1 aromatic heterocycles. The first-order valence-corrected chi connectivity index (χ1v) is 4.36. The van der Waals surface area contributed by atoms with E-state index in [-0.39, 0.29) is 11.4 Å². The minimum atomic E-state index is -0.478. The van der Waals surface area contributed by atoms with Crippen molar-refractivity contribution in [2.45, 2.75) is 6.92 Å². The van der Waals surface area contributed by atoms with Gasteiger partial charge in [-0.15, -0.1) is 0 Å². The standard InChI is InChI=1S/C10H8N2O3/c1-7-9(12(13)14)10(15-11-7)8-5-3-2-4-6-8/h2-6H,1H3. The van der Waals surface area contributed by atoms with E-state index in [1.807, 2.05) is 6.07 Å². The number of aryl methyl sites for hydroxylation is 1. The maximum absolute atomic E-state index is 10.8. The Morgan fingerprint density at radius 1 is 1.33 bits per heavy atom. The monoisotopic (exact) mass is 204 g/mol. The topological polar surface area (TPSA) is 69.2 Å². The molecule has 5 nitrogen and oxygen atoms in total. The molecule has 0 atom stereocenters. The van der Waals surface area contributed by atoms with Gasteiger partial charge in [0.05, 0.1) is 4.92 Å². The van der Waals surface area contributed by atoms with Gasteiger partial charge < -0.3 is 4.52 Å². The van der Waals surface area contributed by atoms with Crippen LogP contribution in [-0.2, 0) is 0 Å². The largest absolute Gasteiger partial charge is 0.348 e. The molecule has 0 bridgehead atoms. The third kappa shape index (κ3) is 1.59.